The van der Waals surface area contributed by atoms with Crippen LogP contribution < -0.4 is 15.5 Å². The van der Waals surface area contributed by atoms with Crippen LogP contribution >= 0.6 is 35.7 Å². The summed E-state index contributed by atoms with van der Waals surface area (Å²) in [6.45, 7) is 6.96. The molecular weight excluding hydrogens is 469 g/mol. The van der Waals surface area contributed by atoms with E-state index in [0.29, 0.717) is 6.54 Å². The summed E-state index contributed by atoms with van der Waals surface area (Å²) in [6.07, 6.45) is 9.84. The number of thioether (sulfide) groups is 1. The highest BCUT2D eigenvalue weighted by Gasteiger charge is 2.15. The van der Waals surface area contributed by atoms with Gasteiger partial charge in [-0.15, -0.1) is 24.0 Å². The van der Waals surface area contributed by atoms with Gasteiger partial charge in [-0.3, -0.25) is 0 Å². The molecule has 2 aliphatic rings. The first kappa shape index (κ1) is 22.6. The first-order valence-corrected chi connectivity index (χ1v) is 11.2. The molecule has 1 atom stereocenters. The van der Waals surface area contributed by atoms with Crippen LogP contribution in [0, 0.1) is 0 Å². The number of hydrogen-bond donors (Lipinski definition) is 2. The lowest BCUT2D eigenvalue weighted by Gasteiger charge is -2.21. The van der Waals surface area contributed by atoms with Crippen molar-refractivity contribution in [1.82, 2.24) is 15.6 Å². The van der Waals surface area contributed by atoms with E-state index in [1.54, 1.807) is 0 Å². The van der Waals surface area contributed by atoms with E-state index in [4.69, 9.17) is 4.99 Å². The summed E-state index contributed by atoms with van der Waals surface area (Å²) in [7, 11) is 0. The van der Waals surface area contributed by atoms with Gasteiger partial charge in [-0.2, -0.15) is 11.8 Å². The summed E-state index contributed by atoms with van der Waals surface area (Å²) in [4.78, 5) is 11.8. The van der Waals surface area contributed by atoms with Crippen LogP contribution in [-0.4, -0.2) is 48.1 Å². The minimum absolute atomic E-state index is 0. The van der Waals surface area contributed by atoms with E-state index in [-0.39, 0.29) is 24.0 Å². The molecule has 2 N–H and O–H groups in total. The van der Waals surface area contributed by atoms with Crippen LogP contribution in [0.3, 0.4) is 0 Å². The first-order valence-electron chi connectivity index (χ1n) is 10.2. The highest BCUT2D eigenvalue weighted by molar-refractivity contribution is 14.0. The summed E-state index contributed by atoms with van der Waals surface area (Å²) in [5.41, 5.74) is 1.23. The minimum Gasteiger partial charge on any atom is -0.357 e. The monoisotopic (exact) mass is 503 g/mol. The Morgan fingerprint density at radius 3 is 2.74 bits per heavy atom. The molecule has 27 heavy (non-hydrogen) atoms. The lowest BCUT2D eigenvalue weighted by Crippen LogP contribution is -2.40. The molecule has 0 spiro atoms. The van der Waals surface area contributed by atoms with Crippen molar-refractivity contribution in [1.29, 1.82) is 0 Å². The normalized spacial score (nSPS) is 20.7. The van der Waals surface area contributed by atoms with Crippen LogP contribution in [0.5, 0.6) is 0 Å². The molecule has 2 fully saturated rings. The van der Waals surface area contributed by atoms with Crippen LogP contribution in [0.4, 0.5) is 5.82 Å². The van der Waals surface area contributed by atoms with E-state index in [9.17, 15) is 0 Å². The topological polar surface area (TPSA) is 52.6 Å². The molecule has 3 rings (SSSR count). The van der Waals surface area contributed by atoms with Gasteiger partial charge in [0.25, 0.3) is 0 Å². The Labute approximate surface area is 185 Å². The molecule has 2 saturated heterocycles. The van der Waals surface area contributed by atoms with Crippen molar-refractivity contribution in [2.75, 3.05) is 36.8 Å². The lowest BCUT2D eigenvalue weighted by molar-refractivity contribution is 0.726. The largest absolute Gasteiger partial charge is 0.357 e. The fraction of sp³-hybridized carbons (Fsp3) is 0.700. The Morgan fingerprint density at radius 1 is 1.22 bits per heavy atom. The quantitative estimate of drug-likeness (QED) is 0.349. The molecule has 0 amide bonds. The highest BCUT2D eigenvalue weighted by Crippen LogP contribution is 2.25. The fourth-order valence-corrected chi connectivity index (χ4v) is 4.76. The zero-order valence-corrected chi connectivity index (χ0v) is 19.6. The molecule has 2 aliphatic heterocycles. The summed E-state index contributed by atoms with van der Waals surface area (Å²) in [5, 5.41) is 7.61. The standard InChI is InChI=1S/C20H33N5S.HI/c1-2-21-20(24-16-18-8-7-13-26-18)23-15-17-9-10-22-19(14-17)25-11-5-3-4-6-12-25;/h9-10,14,18H,2-8,11-13,15-16H2,1H3,(H2,21,23,24);1H. The zero-order chi connectivity index (χ0) is 18.0. The number of nitrogens with zero attached hydrogens (tertiary/aromatic N) is 3. The Bertz CT molecular complexity index is 569. The average molecular weight is 503 g/mol. The van der Waals surface area contributed by atoms with E-state index in [0.717, 1.165) is 43.2 Å². The van der Waals surface area contributed by atoms with Crippen molar-refractivity contribution in [2.45, 2.75) is 57.2 Å². The number of aliphatic imine (C=N–C) groups is 1. The van der Waals surface area contributed by atoms with E-state index >= 15 is 0 Å². The number of anilines is 1. The maximum absolute atomic E-state index is 4.79. The van der Waals surface area contributed by atoms with Crippen molar-refractivity contribution in [3.8, 4) is 0 Å². The SMILES string of the molecule is CCNC(=NCc1ccnc(N2CCCCCC2)c1)NCC1CCCS1.I. The maximum atomic E-state index is 4.79. The van der Waals surface area contributed by atoms with Gasteiger partial charge in [0.2, 0.25) is 0 Å². The van der Waals surface area contributed by atoms with Crippen molar-refractivity contribution in [2.24, 2.45) is 4.99 Å². The molecule has 0 aromatic carbocycles. The van der Waals surface area contributed by atoms with E-state index in [1.807, 2.05) is 6.20 Å². The number of hydrogen-bond acceptors (Lipinski definition) is 4. The predicted octanol–water partition coefficient (Wildman–Crippen LogP) is 4.03. The minimum atomic E-state index is 0. The smallest absolute Gasteiger partial charge is 0.191 e. The van der Waals surface area contributed by atoms with Crippen molar-refractivity contribution >= 4 is 47.5 Å². The Kier molecular flexibility index (Phi) is 10.6. The molecule has 7 heteroatoms. The van der Waals surface area contributed by atoms with Crippen molar-refractivity contribution < 1.29 is 0 Å². The lowest BCUT2D eigenvalue weighted by atomic mass is 10.2. The molecule has 1 aromatic rings. The second-order valence-electron chi connectivity index (χ2n) is 7.13. The van der Waals surface area contributed by atoms with E-state index in [1.165, 1.54) is 49.8 Å². The van der Waals surface area contributed by atoms with Crippen LogP contribution in [-0.2, 0) is 6.54 Å². The fourth-order valence-electron chi connectivity index (χ4n) is 3.56. The van der Waals surface area contributed by atoms with Gasteiger partial charge in [0.1, 0.15) is 5.82 Å². The first-order chi connectivity index (χ1) is 12.8. The molecule has 0 aliphatic carbocycles. The predicted molar refractivity (Wildman–Crippen MR) is 129 cm³/mol. The second kappa shape index (κ2) is 12.7. The van der Waals surface area contributed by atoms with Crippen LogP contribution in [0.15, 0.2) is 23.3 Å². The van der Waals surface area contributed by atoms with Gasteiger partial charge in [0.15, 0.2) is 5.96 Å². The van der Waals surface area contributed by atoms with Gasteiger partial charge in [0, 0.05) is 37.6 Å². The number of pyridine rings is 1. The maximum Gasteiger partial charge on any atom is 0.191 e. The molecular formula is C20H34IN5S. The summed E-state index contributed by atoms with van der Waals surface area (Å²) in [6, 6.07) is 4.30. The van der Waals surface area contributed by atoms with Crippen molar-refractivity contribution in [3.05, 3.63) is 23.9 Å². The third-order valence-electron chi connectivity index (χ3n) is 5.03. The second-order valence-corrected chi connectivity index (χ2v) is 8.54. The Hall–Kier alpha value is -0.700. The van der Waals surface area contributed by atoms with Crippen LogP contribution in [0.2, 0.25) is 0 Å². The van der Waals surface area contributed by atoms with Gasteiger partial charge in [-0.25, -0.2) is 9.98 Å². The molecule has 1 unspecified atom stereocenters. The van der Waals surface area contributed by atoms with Crippen molar-refractivity contribution in [3.63, 3.8) is 0 Å². The van der Waals surface area contributed by atoms with Gasteiger partial charge < -0.3 is 15.5 Å². The van der Waals surface area contributed by atoms with Crippen LogP contribution in [0.25, 0.3) is 0 Å². The summed E-state index contributed by atoms with van der Waals surface area (Å²) >= 11 is 2.08. The van der Waals surface area contributed by atoms with E-state index < -0.39 is 0 Å². The molecule has 3 heterocycles. The highest BCUT2D eigenvalue weighted by atomic mass is 127. The zero-order valence-electron chi connectivity index (χ0n) is 16.5. The number of guanidine groups is 1. The van der Waals surface area contributed by atoms with Gasteiger partial charge in [-0.1, -0.05) is 12.8 Å². The molecule has 152 valence electrons. The van der Waals surface area contributed by atoms with Gasteiger partial charge in [0.05, 0.1) is 6.54 Å². The third kappa shape index (κ3) is 7.68. The summed E-state index contributed by atoms with van der Waals surface area (Å²) in [5.74, 6) is 3.34. The van der Waals surface area contributed by atoms with E-state index in [2.05, 4.69) is 51.3 Å². The Morgan fingerprint density at radius 2 is 2.04 bits per heavy atom. The number of rotatable bonds is 6. The van der Waals surface area contributed by atoms with Gasteiger partial charge in [-0.05, 0) is 56.1 Å². The third-order valence-corrected chi connectivity index (χ3v) is 6.42. The molecule has 0 radical (unpaired) electrons. The summed E-state index contributed by atoms with van der Waals surface area (Å²) < 4.78 is 0. The van der Waals surface area contributed by atoms with Gasteiger partial charge >= 0.3 is 0 Å². The number of nitrogens with one attached hydrogen (secondary N) is 2. The van der Waals surface area contributed by atoms with Crippen LogP contribution in [0.1, 0.15) is 51.0 Å². The molecule has 0 bridgehead atoms. The average Bonchev–Trinajstić information content (AvgIpc) is 3.04. The number of aromatic nitrogens is 1. The Balaban J connectivity index is 0.00000261. The molecule has 0 saturated carbocycles. The number of halogens is 1. The molecule has 1 aromatic heterocycles. The molecule has 5 nitrogen and oxygen atoms in total.